The zero-order valence-electron chi connectivity index (χ0n) is 14.7. The van der Waals surface area contributed by atoms with Gasteiger partial charge in [0.25, 0.3) is 5.91 Å². The molecule has 1 aromatic rings. The number of hydrogen-bond donors (Lipinski definition) is 2. The van der Waals surface area contributed by atoms with Crippen LogP contribution in [0.1, 0.15) is 27.2 Å². The summed E-state index contributed by atoms with van der Waals surface area (Å²) in [6, 6.07) is 5.54. The van der Waals surface area contributed by atoms with E-state index in [1.807, 2.05) is 6.26 Å². The number of carbonyl (C=O) groups excluding carboxylic acids is 2. The molecule has 0 bridgehead atoms. The molecule has 7 nitrogen and oxygen atoms in total. The fraction of sp³-hybridized carbons (Fsp3) is 0.500. The molecule has 9 heteroatoms. The number of esters is 1. The van der Waals surface area contributed by atoms with Gasteiger partial charge in [0.15, 0.2) is 6.10 Å². The van der Waals surface area contributed by atoms with Gasteiger partial charge in [0.05, 0.1) is 11.3 Å². The van der Waals surface area contributed by atoms with Crippen molar-refractivity contribution < 1.29 is 22.7 Å². The summed E-state index contributed by atoms with van der Waals surface area (Å²) in [5.74, 6) is -0.278. The average Bonchev–Trinajstić information content (AvgIpc) is 2.52. The van der Waals surface area contributed by atoms with Crippen LogP contribution in [-0.2, 0) is 24.3 Å². The molecule has 2 N–H and O–H groups in total. The van der Waals surface area contributed by atoms with Gasteiger partial charge in [0.2, 0.25) is 10.0 Å². The molecule has 0 heterocycles. The van der Waals surface area contributed by atoms with E-state index in [-0.39, 0.29) is 17.4 Å². The van der Waals surface area contributed by atoms with E-state index < -0.39 is 28.0 Å². The first kappa shape index (κ1) is 21.5. The van der Waals surface area contributed by atoms with E-state index in [4.69, 9.17) is 4.74 Å². The van der Waals surface area contributed by atoms with Crippen molar-refractivity contribution in [2.24, 2.45) is 0 Å². The van der Waals surface area contributed by atoms with E-state index in [1.54, 1.807) is 13.8 Å². The Balaban J connectivity index is 2.65. The number of carbonyl (C=O) groups is 2. The van der Waals surface area contributed by atoms with Crippen molar-refractivity contribution in [2.75, 3.05) is 17.3 Å². The summed E-state index contributed by atoms with van der Waals surface area (Å²) in [6.07, 6.45) is 1.19. The van der Waals surface area contributed by atoms with Crippen molar-refractivity contribution in [3.63, 3.8) is 0 Å². The van der Waals surface area contributed by atoms with Gasteiger partial charge >= 0.3 is 5.97 Å². The highest BCUT2D eigenvalue weighted by atomic mass is 32.2. The molecule has 1 rings (SSSR count). The number of ether oxygens (including phenoxy) is 1. The zero-order chi connectivity index (χ0) is 19.0. The predicted octanol–water partition coefficient (Wildman–Crippen LogP) is 2.00. The van der Waals surface area contributed by atoms with Crippen molar-refractivity contribution in [2.45, 2.75) is 44.2 Å². The third kappa shape index (κ3) is 7.45. The Morgan fingerprint density at radius 2 is 1.76 bits per heavy atom. The molecule has 0 aromatic heterocycles. The monoisotopic (exact) mass is 388 g/mol. The highest BCUT2D eigenvalue weighted by molar-refractivity contribution is 7.98. The summed E-state index contributed by atoms with van der Waals surface area (Å²) in [4.78, 5) is 23.7. The predicted molar refractivity (Wildman–Crippen MR) is 99.1 cm³/mol. The standard InChI is InChI=1S/C16H24N2O5S2/c1-11(2)18-25(21,22)14-7-5-13(6-8-14)17-16(20)12(3)23-15(19)9-10-24-4/h5-8,11-12,18H,9-10H2,1-4H3,(H,17,20)/t12-/m0/s1. The van der Waals surface area contributed by atoms with E-state index in [0.717, 1.165) is 0 Å². The van der Waals surface area contributed by atoms with Crippen LogP contribution in [0.4, 0.5) is 5.69 Å². The fourth-order valence-corrected chi connectivity index (χ4v) is 3.46. The number of nitrogens with one attached hydrogen (secondary N) is 2. The van der Waals surface area contributed by atoms with Crippen LogP contribution in [0.5, 0.6) is 0 Å². The molecule has 0 fully saturated rings. The summed E-state index contributed by atoms with van der Waals surface area (Å²) in [6.45, 7) is 4.94. The second kappa shape index (κ2) is 9.79. The van der Waals surface area contributed by atoms with Crippen molar-refractivity contribution in [3.8, 4) is 0 Å². The molecule has 0 aliphatic carbocycles. The van der Waals surface area contributed by atoms with Gasteiger partial charge in [0, 0.05) is 17.5 Å². The number of rotatable bonds is 9. The normalized spacial score (nSPS) is 12.7. The second-order valence-electron chi connectivity index (χ2n) is 5.66. The van der Waals surface area contributed by atoms with Crippen LogP contribution in [-0.4, -0.2) is 44.4 Å². The molecule has 1 atom stereocenters. The summed E-state index contributed by atoms with van der Waals surface area (Å²) >= 11 is 1.52. The number of benzene rings is 1. The number of sulfonamides is 1. The highest BCUT2D eigenvalue weighted by Crippen LogP contribution is 2.15. The minimum atomic E-state index is -3.58. The zero-order valence-corrected chi connectivity index (χ0v) is 16.4. The van der Waals surface area contributed by atoms with Crippen molar-refractivity contribution >= 4 is 39.3 Å². The van der Waals surface area contributed by atoms with E-state index in [2.05, 4.69) is 10.0 Å². The lowest BCUT2D eigenvalue weighted by Gasteiger charge is -2.14. The van der Waals surface area contributed by atoms with Crippen molar-refractivity contribution in [3.05, 3.63) is 24.3 Å². The minimum Gasteiger partial charge on any atom is -0.453 e. The number of amides is 1. The Kier molecular flexibility index (Phi) is 8.40. The Labute approximate surface area is 153 Å². The van der Waals surface area contributed by atoms with Crippen molar-refractivity contribution in [1.29, 1.82) is 0 Å². The lowest BCUT2D eigenvalue weighted by Crippen LogP contribution is -2.30. The smallest absolute Gasteiger partial charge is 0.307 e. The maximum Gasteiger partial charge on any atom is 0.307 e. The van der Waals surface area contributed by atoms with Gasteiger partial charge in [-0.2, -0.15) is 11.8 Å². The molecule has 0 spiro atoms. The fourth-order valence-electron chi connectivity index (χ4n) is 1.83. The summed E-state index contributed by atoms with van der Waals surface area (Å²) in [5, 5.41) is 2.59. The Hall–Kier alpha value is -1.58. The molecule has 140 valence electrons. The molecule has 0 saturated heterocycles. The number of thioether (sulfide) groups is 1. The van der Waals surface area contributed by atoms with Gasteiger partial charge in [-0.1, -0.05) is 0 Å². The third-order valence-electron chi connectivity index (χ3n) is 3.01. The SMILES string of the molecule is CSCCC(=O)O[C@@H](C)C(=O)Nc1ccc(S(=O)(=O)NC(C)C)cc1. The summed E-state index contributed by atoms with van der Waals surface area (Å²) in [7, 11) is -3.58. The van der Waals surface area contributed by atoms with Crippen LogP contribution in [0.2, 0.25) is 0 Å². The van der Waals surface area contributed by atoms with Gasteiger partial charge in [-0.25, -0.2) is 13.1 Å². The largest absolute Gasteiger partial charge is 0.453 e. The highest BCUT2D eigenvalue weighted by Gasteiger charge is 2.19. The van der Waals surface area contributed by atoms with Crippen molar-refractivity contribution in [1.82, 2.24) is 4.72 Å². The second-order valence-corrected chi connectivity index (χ2v) is 8.36. The van der Waals surface area contributed by atoms with Gasteiger partial charge < -0.3 is 10.1 Å². The van der Waals surface area contributed by atoms with E-state index in [1.165, 1.54) is 43.0 Å². The van der Waals surface area contributed by atoms with E-state index in [0.29, 0.717) is 11.4 Å². The first-order valence-corrected chi connectivity index (χ1v) is 10.6. The summed E-state index contributed by atoms with van der Waals surface area (Å²) < 4.78 is 31.6. The average molecular weight is 389 g/mol. The van der Waals surface area contributed by atoms with Crippen LogP contribution >= 0.6 is 11.8 Å². The molecule has 1 aromatic carbocycles. The van der Waals surface area contributed by atoms with E-state index in [9.17, 15) is 18.0 Å². The molecular formula is C16H24N2O5S2. The Bertz CT molecular complexity index is 687. The van der Waals surface area contributed by atoms with E-state index >= 15 is 0 Å². The molecule has 0 saturated carbocycles. The lowest BCUT2D eigenvalue weighted by atomic mass is 10.3. The van der Waals surface area contributed by atoms with Crippen LogP contribution in [0.15, 0.2) is 29.2 Å². The molecular weight excluding hydrogens is 364 g/mol. The van der Waals surface area contributed by atoms with Crippen LogP contribution < -0.4 is 10.0 Å². The molecule has 0 radical (unpaired) electrons. The van der Waals surface area contributed by atoms with Crippen LogP contribution in [0, 0.1) is 0 Å². The first-order valence-electron chi connectivity index (χ1n) is 7.77. The van der Waals surface area contributed by atoms with Gasteiger partial charge in [-0.05, 0) is 51.3 Å². The maximum atomic E-state index is 12.0. The Morgan fingerprint density at radius 3 is 2.28 bits per heavy atom. The molecule has 0 aliphatic rings. The topological polar surface area (TPSA) is 102 Å². The minimum absolute atomic E-state index is 0.107. The number of anilines is 1. The number of hydrogen-bond acceptors (Lipinski definition) is 6. The van der Waals surface area contributed by atoms with Crippen LogP contribution in [0.25, 0.3) is 0 Å². The quantitative estimate of drug-likeness (QED) is 0.628. The maximum absolute atomic E-state index is 12.0. The Morgan fingerprint density at radius 1 is 1.16 bits per heavy atom. The molecule has 0 aliphatic heterocycles. The molecule has 1 amide bonds. The third-order valence-corrected chi connectivity index (χ3v) is 5.30. The summed E-state index contributed by atoms with van der Waals surface area (Å²) in [5.41, 5.74) is 0.417. The molecule has 0 unspecified atom stereocenters. The van der Waals surface area contributed by atoms with Crippen LogP contribution in [0.3, 0.4) is 0 Å². The van der Waals surface area contributed by atoms with Gasteiger partial charge in [0.1, 0.15) is 0 Å². The lowest BCUT2D eigenvalue weighted by molar-refractivity contribution is -0.152. The van der Waals surface area contributed by atoms with Gasteiger partial charge in [-0.15, -0.1) is 0 Å². The molecule has 25 heavy (non-hydrogen) atoms. The van der Waals surface area contributed by atoms with Gasteiger partial charge in [-0.3, -0.25) is 9.59 Å². The first-order chi connectivity index (χ1) is 11.7.